The first-order valence-electron chi connectivity index (χ1n) is 9.48. The van der Waals surface area contributed by atoms with Crippen molar-refractivity contribution in [2.75, 3.05) is 5.32 Å². The molecular weight excluding hydrogens is 404 g/mol. The summed E-state index contributed by atoms with van der Waals surface area (Å²) in [6, 6.07) is 8.47. The van der Waals surface area contributed by atoms with Gasteiger partial charge in [0.25, 0.3) is 0 Å². The smallest absolute Gasteiger partial charge is 0.171 e. The highest BCUT2D eigenvalue weighted by Gasteiger charge is 2.20. The Morgan fingerprint density at radius 1 is 1.19 bits per heavy atom. The van der Waals surface area contributed by atoms with Crippen molar-refractivity contribution in [1.29, 1.82) is 0 Å². The average molecular weight is 425 g/mol. The third-order valence-corrected chi connectivity index (χ3v) is 5.99. The lowest BCUT2D eigenvalue weighted by Gasteiger charge is -2.22. The zero-order chi connectivity index (χ0) is 18.2. The summed E-state index contributed by atoms with van der Waals surface area (Å²) in [5.41, 5.74) is 5.28. The lowest BCUT2D eigenvalue weighted by molar-refractivity contribution is 0.437. The van der Waals surface area contributed by atoms with Gasteiger partial charge >= 0.3 is 0 Å². The van der Waals surface area contributed by atoms with E-state index < -0.39 is 0 Å². The van der Waals surface area contributed by atoms with E-state index in [0.29, 0.717) is 12.5 Å². The number of benzene rings is 1. The summed E-state index contributed by atoms with van der Waals surface area (Å²) in [5, 5.41) is 8.04. The lowest BCUT2D eigenvalue weighted by atomic mass is 9.87. The molecule has 1 aliphatic rings. The second kappa shape index (κ2) is 6.96. The zero-order valence-corrected chi connectivity index (χ0v) is 16.5. The summed E-state index contributed by atoms with van der Waals surface area (Å²) < 4.78 is 2.81. The van der Waals surface area contributed by atoms with Gasteiger partial charge in [0.2, 0.25) is 0 Å². The molecule has 3 heterocycles. The highest BCUT2D eigenvalue weighted by atomic mass is 79.9. The molecule has 0 amide bonds. The highest BCUT2D eigenvalue weighted by Crippen LogP contribution is 2.33. The molecule has 1 saturated carbocycles. The normalized spacial score (nSPS) is 15.6. The van der Waals surface area contributed by atoms with Crippen molar-refractivity contribution >= 4 is 38.4 Å². The maximum atomic E-state index is 4.91. The molecule has 0 unspecified atom stereocenters. The molecule has 0 aliphatic heterocycles. The summed E-state index contributed by atoms with van der Waals surface area (Å²) in [5.74, 6) is 1.53. The molecule has 1 fully saturated rings. The minimum Gasteiger partial charge on any atom is -0.366 e. The fraction of sp³-hybridized carbons (Fsp3) is 0.350. The average Bonchev–Trinajstić information content (AvgIpc) is 3.33. The van der Waals surface area contributed by atoms with Crippen LogP contribution in [0.1, 0.15) is 49.3 Å². The molecule has 6 nitrogen and oxygen atoms in total. The molecule has 0 spiro atoms. The van der Waals surface area contributed by atoms with E-state index in [0.717, 1.165) is 27.0 Å². The standard InChI is InChI=1S/C20H21BrN6/c21-15-11-25-27-19(9-17(26-20(15)27)14-4-2-1-3-5-14)22-10-13-6-7-16-18(8-13)24-12-23-16/h6-9,11-12,14,22H,1-5,10H2,(H,23,24). The van der Waals surface area contributed by atoms with Gasteiger partial charge in [-0.05, 0) is 46.5 Å². The number of hydrogen-bond donors (Lipinski definition) is 2. The van der Waals surface area contributed by atoms with Crippen molar-refractivity contribution in [3.63, 3.8) is 0 Å². The van der Waals surface area contributed by atoms with E-state index in [1.165, 1.54) is 43.4 Å². The van der Waals surface area contributed by atoms with Gasteiger partial charge in [0.05, 0.1) is 28.0 Å². The minimum atomic E-state index is 0.548. The SMILES string of the molecule is Brc1cnn2c(NCc3ccc4[nH]cnc4c3)cc(C3CCCCC3)nc12. The van der Waals surface area contributed by atoms with Crippen molar-refractivity contribution in [2.45, 2.75) is 44.6 Å². The van der Waals surface area contributed by atoms with Crippen LogP contribution in [0.4, 0.5) is 5.82 Å². The molecule has 27 heavy (non-hydrogen) atoms. The molecule has 1 aliphatic carbocycles. The molecule has 2 N–H and O–H groups in total. The number of rotatable bonds is 4. The molecule has 0 radical (unpaired) electrons. The Morgan fingerprint density at radius 3 is 2.96 bits per heavy atom. The predicted molar refractivity (Wildman–Crippen MR) is 110 cm³/mol. The molecule has 138 valence electrons. The Hall–Kier alpha value is -2.41. The fourth-order valence-electron chi connectivity index (χ4n) is 3.97. The van der Waals surface area contributed by atoms with Gasteiger partial charge < -0.3 is 10.3 Å². The van der Waals surface area contributed by atoms with Crippen molar-refractivity contribution in [2.24, 2.45) is 0 Å². The van der Waals surface area contributed by atoms with Crippen LogP contribution < -0.4 is 5.32 Å². The van der Waals surface area contributed by atoms with Crippen LogP contribution in [-0.2, 0) is 6.54 Å². The maximum Gasteiger partial charge on any atom is 0.171 e. The first kappa shape index (κ1) is 16.7. The van der Waals surface area contributed by atoms with Gasteiger partial charge in [-0.1, -0.05) is 25.3 Å². The van der Waals surface area contributed by atoms with Crippen LogP contribution in [0.25, 0.3) is 16.7 Å². The van der Waals surface area contributed by atoms with Gasteiger partial charge in [-0.15, -0.1) is 0 Å². The highest BCUT2D eigenvalue weighted by molar-refractivity contribution is 9.10. The quantitative estimate of drug-likeness (QED) is 0.481. The van der Waals surface area contributed by atoms with Crippen molar-refractivity contribution in [3.05, 3.63) is 52.5 Å². The molecular formula is C20H21BrN6. The Bertz CT molecular complexity index is 1090. The molecule has 7 heteroatoms. The number of anilines is 1. The molecule has 4 aromatic rings. The van der Waals surface area contributed by atoms with E-state index in [9.17, 15) is 0 Å². The van der Waals surface area contributed by atoms with Crippen LogP contribution >= 0.6 is 15.9 Å². The van der Waals surface area contributed by atoms with E-state index in [1.54, 1.807) is 6.33 Å². The number of nitrogens with one attached hydrogen (secondary N) is 2. The van der Waals surface area contributed by atoms with Crippen molar-refractivity contribution in [1.82, 2.24) is 24.6 Å². The van der Waals surface area contributed by atoms with Crippen LogP contribution in [0.5, 0.6) is 0 Å². The summed E-state index contributed by atoms with van der Waals surface area (Å²) in [6.07, 6.45) is 9.93. The van der Waals surface area contributed by atoms with Crippen LogP contribution in [0.2, 0.25) is 0 Å². The van der Waals surface area contributed by atoms with E-state index in [-0.39, 0.29) is 0 Å². The number of halogens is 1. The van der Waals surface area contributed by atoms with E-state index >= 15 is 0 Å². The third-order valence-electron chi connectivity index (χ3n) is 5.43. The van der Waals surface area contributed by atoms with Gasteiger partial charge in [-0.3, -0.25) is 0 Å². The third kappa shape index (κ3) is 3.20. The maximum absolute atomic E-state index is 4.91. The van der Waals surface area contributed by atoms with Crippen LogP contribution in [-0.4, -0.2) is 24.6 Å². The van der Waals surface area contributed by atoms with Gasteiger partial charge in [0, 0.05) is 24.2 Å². The van der Waals surface area contributed by atoms with Gasteiger partial charge in [0.1, 0.15) is 5.82 Å². The summed E-state index contributed by atoms with van der Waals surface area (Å²) in [4.78, 5) is 12.4. The van der Waals surface area contributed by atoms with Crippen LogP contribution in [0, 0.1) is 0 Å². The lowest BCUT2D eigenvalue weighted by Crippen LogP contribution is -2.11. The topological polar surface area (TPSA) is 70.9 Å². The van der Waals surface area contributed by atoms with Crippen molar-refractivity contribution < 1.29 is 0 Å². The monoisotopic (exact) mass is 424 g/mol. The summed E-state index contributed by atoms with van der Waals surface area (Å²) >= 11 is 3.59. The second-order valence-electron chi connectivity index (χ2n) is 7.24. The number of hydrogen-bond acceptors (Lipinski definition) is 4. The Balaban J connectivity index is 1.47. The molecule has 3 aromatic heterocycles. The minimum absolute atomic E-state index is 0.548. The van der Waals surface area contributed by atoms with Crippen molar-refractivity contribution in [3.8, 4) is 0 Å². The van der Waals surface area contributed by atoms with Crippen LogP contribution in [0.15, 0.2) is 41.3 Å². The fourth-order valence-corrected chi connectivity index (χ4v) is 4.32. The molecule has 0 bridgehead atoms. The Kier molecular flexibility index (Phi) is 4.32. The molecule has 0 atom stereocenters. The number of imidazole rings is 1. The largest absolute Gasteiger partial charge is 0.366 e. The summed E-state index contributed by atoms with van der Waals surface area (Å²) in [7, 11) is 0. The van der Waals surface area contributed by atoms with Gasteiger partial charge in [0.15, 0.2) is 5.65 Å². The Labute approximate surface area is 165 Å². The number of aromatic nitrogens is 5. The van der Waals surface area contributed by atoms with E-state index in [1.807, 2.05) is 10.7 Å². The van der Waals surface area contributed by atoms with Crippen LogP contribution in [0.3, 0.4) is 0 Å². The van der Waals surface area contributed by atoms with E-state index in [4.69, 9.17) is 4.98 Å². The predicted octanol–water partition coefficient (Wildman–Crippen LogP) is 5.03. The van der Waals surface area contributed by atoms with E-state index in [2.05, 4.69) is 60.6 Å². The van der Waals surface area contributed by atoms with Gasteiger partial charge in [-0.25, -0.2) is 9.97 Å². The van der Waals surface area contributed by atoms with Gasteiger partial charge in [-0.2, -0.15) is 9.61 Å². The molecule has 0 saturated heterocycles. The number of fused-ring (bicyclic) bond motifs is 2. The molecule has 5 rings (SSSR count). The number of H-pyrrole nitrogens is 1. The number of aromatic amines is 1. The first-order valence-corrected chi connectivity index (χ1v) is 10.3. The number of nitrogens with zero attached hydrogens (tertiary/aromatic N) is 4. The zero-order valence-electron chi connectivity index (χ0n) is 15.0. The Morgan fingerprint density at radius 2 is 2.07 bits per heavy atom. The first-order chi connectivity index (χ1) is 13.3. The summed E-state index contributed by atoms with van der Waals surface area (Å²) in [6.45, 7) is 0.712. The second-order valence-corrected chi connectivity index (χ2v) is 8.09. The molecule has 1 aromatic carbocycles.